The molecule has 6 heteroatoms. The summed E-state index contributed by atoms with van der Waals surface area (Å²) in [5, 5.41) is 15.4. The van der Waals surface area contributed by atoms with Crippen molar-refractivity contribution in [2.24, 2.45) is 7.05 Å². The van der Waals surface area contributed by atoms with Gasteiger partial charge in [-0.2, -0.15) is 5.10 Å². The van der Waals surface area contributed by atoms with Crippen LogP contribution in [0.3, 0.4) is 0 Å². The number of aromatic nitrogens is 2. The summed E-state index contributed by atoms with van der Waals surface area (Å²) in [5.74, 6) is -1.27. The number of carbonyl (C=O) groups is 2. The Labute approximate surface area is 121 Å². The number of anilines is 1. The number of aliphatic carboxylic acids is 1. The van der Waals surface area contributed by atoms with Crippen LogP contribution < -0.4 is 5.32 Å². The van der Waals surface area contributed by atoms with E-state index in [4.69, 9.17) is 5.11 Å². The van der Waals surface area contributed by atoms with Crippen LogP contribution in [0.4, 0.5) is 5.69 Å². The lowest BCUT2D eigenvalue weighted by Gasteiger charge is -2.05. The van der Waals surface area contributed by atoms with Crippen molar-refractivity contribution < 1.29 is 14.7 Å². The summed E-state index contributed by atoms with van der Waals surface area (Å²) in [6.45, 7) is 1.81. The molecule has 1 heterocycles. The lowest BCUT2D eigenvalue weighted by molar-refractivity contribution is -0.131. The second-order valence-electron chi connectivity index (χ2n) is 4.52. The van der Waals surface area contributed by atoms with Crippen LogP contribution in [0.5, 0.6) is 0 Å². The first kappa shape index (κ1) is 14.5. The van der Waals surface area contributed by atoms with E-state index >= 15 is 0 Å². The molecule has 1 aromatic heterocycles. The highest BCUT2D eigenvalue weighted by molar-refractivity contribution is 6.05. The zero-order valence-electron chi connectivity index (χ0n) is 11.7. The zero-order chi connectivity index (χ0) is 15.4. The molecular weight excluding hydrogens is 270 g/mol. The molecule has 0 saturated carbocycles. The predicted molar refractivity (Wildman–Crippen MR) is 79.0 cm³/mol. The molecule has 2 aromatic rings. The lowest BCUT2D eigenvalue weighted by atomic mass is 10.1. The monoisotopic (exact) mass is 285 g/mol. The van der Waals surface area contributed by atoms with Crippen LogP contribution in [0.1, 0.15) is 21.6 Å². The Kier molecular flexibility index (Phi) is 4.18. The van der Waals surface area contributed by atoms with Gasteiger partial charge in [-0.05, 0) is 30.7 Å². The van der Waals surface area contributed by atoms with Gasteiger partial charge in [0.05, 0.1) is 11.8 Å². The Morgan fingerprint density at radius 3 is 2.76 bits per heavy atom. The van der Waals surface area contributed by atoms with Crippen LogP contribution in [0.25, 0.3) is 6.08 Å². The number of carbonyl (C=O) groups excluding carboxylic acids is 1. The van der Waals surface area contributed by atoms with E-state index in [0.29, 0.717) is 16.8 Å². The van der Waals surface area contributed by atoms with Crippen LogP contribution in [-0.4, -0.2) is 26.8 Å². The third-order valence-corrected chi connectivity index (χ3v) is 3.04. The van der Waals surface area contributed by atoms with Gasteiger partial charge >= 0.3 is 5.97 Å². The number of aryl methyl sites for hydroxylation is 1. The van der Waals surface area contributed by atoms with Gasteiger partial charge in [-0.25, -0.2) is 4.79 Å². The van der Waals surface area contributed by atoms with E-state index in [2.05, 4.69) is 10.4 Å². The van der Waals surface area contributed by atoms with Crippen molar-refractivity contribution in [3.63, 3.8) is 0 Å². The van der Waals surface area contributed by atoms with Crippen molar-refractivity contribution in [1.82, 2.24) is 9.78 Å². The molecule has 21 heavy (non-hydrogen) atoms. The highest BCUT2D eigenvalue weighted by atomic mass is 16.4. The minimum atomic E-state index is -1.02. The molecule has 0 atom stereocenters. The second-order valence-corrected chi connectivity index (χ2v) is 4.52. The smallest absolute Gasteiger partial charge is 0.328 e. The van der Waals surface area contributed by atoms with Crippen LogP contribution in [0.15, 0.2) is 36.5 Å². The van der Waals surface area contributed by atoms with Gasteiger partial charge in [-0.15, -0.1) is 0 Å². The molecule has 0 fully saturated rings. The van der Waals surface area contributed by atoms with Gasteiger partial charge in [-0.1, -0.05) is 12.1 Å². The van der Waals surface area contributed by atoms with Crippen molar-refractivity contribution in [2.45, 2.75) is 6.92 Å². The van der Waals surface area contributed by atoms with Crippen LogP contribution in [-0.2, 0) is 11.8 Å². The number of carboxylic acid groups (broad SMARTS) is 1. The summed E-state index contributed by atoms with van der Waals surface area (Å²) in [6, 6.07) is 6.93. The Balaban J connectivity index is 2.16. The van der Waals surface area contributed by atoms with E-state index in [0.717, 1.165) is 11.8 Å². The molecule has 0 spiro atoms. The number of carboxylic acids is 1. The second kappa shape index (κ2) is 6.04. The average Bonchev–Trinajstić information content (AvgIpc) is 2.77. The lowest BCUT2D eigenvalue weighted by Crippen LogP contribution is -2.12. The van der Waals surface area contributed by atoms with Gasteiger partial charge in [0.2, 0.25) is 0 Å². The van der Waals surface area contributed by atoms with E-state index in [1.807, 2.05) is 6.92 Å². The molecule has 2 rings (SSSR count). The molecule has 108 valence electrons. The van der Waals surface area contributed by atoms with Crippen LogP contribution in [0, 0.1) is 6.92 Å². The molecule has 1 amide bonds. The average molecular weight is 285 g/mol. The fourth-order valence-electron chi connectivity index (χ4n) is 1.81. The molecule has 0 unspecified atom stereocenters. The number of benzene rings is 1. The molecule has 1 aromatic carbocycles. The maximum absolute atomic E-state index is 12.1. The van der Waals surface area contributed by atoms with E-state index in [9.17, 15) is 9.59 Å². The van der Waals surface area contributed by atoms with Crippen LogP contribution >= 0.6 is 0 Å². The summed E-state index contributed by atoms with van der Waals surface area (Å²) >= 11 is 0. The normalized spacial score (nSPS) is 10.8. The number of rotatable bonds is 4. The maximum Gasteiger partial charge on any atom is 0.328 e. The van der Waals surface area contributed by atoms with Crippen molar-refractivity contribution in [1.29, 1.82) is 0 Å². The molecule has 2 N–H and O–H groups in total. The Morgan fingerprint density at radius 2 is 2.14 bits per heavy atom. The molecule has 6 nitrogen and oxygen atoms in total. The number of hydrogen-bond donors (Lipinski definition) is 2. The summed E-state index contributed by atoms with van der Waals surface area (Å²) in [5.41, 5.74) is 2.56. The zero-order valence-corrected chi connectivity index (χ0v) is 11.7. The van der Waals surface area contributed by atoms with E-state index in [1.54, 1.807) is 36.0 Å². The first-order valence-electron chi connectivity index (χ1n) is 6.28. The van der Waals surface area contributed by atoms with Crippen LogP contribution in [0.2, 0.25) is 0 Å². The highest BCUT2D eigenvalue weighted by Gasteiger charge is 2.12. The van der Waals surface area contributed by atoms with Gasteiger partial charge in [-0.3, -0.25) is 9.48 Å². The Morgan fingerprint density at radius 1 is 1.38 bits per heavy atom. The van der Waals surface area contributed by atoms with E-state index in [-0.39, 0.29) is 5.91 Å². The minimum absolute atomic E-state index is 0.250. The topological polar surface area (TPSA) is 84.2 Å². The SMILES string of the molecule is Cc1c(C(=O)Nc2cccc(/C=C/C(=O)O)c2)cnn1C. The standard InChI is InChI=1S/C15H15N3O3/c1-10-13(9-16-18(10)2)15(21)17-12-5-3-4-11(8-12)6-7-14(19)20/h3-9H,1-2H3,(H,17,21)(H,19,20)/b7-6+. The van der Waals surface area contributed by atoms with Crippen molar-refractivity contribution in [3.8, 4) is 0 Å². The first-order valence-corrected chi connectivity index (χ1v) is 6.28. The maximum atomic E-state index is 12.1. The predicted octanol–water partition coefficient (Wildman–Crippen LogP) is 2.08. The fraction of sp³-hybridized carbons (Fsp3) is 0.133. The molecular formula is C15H15N3O3. The van der Waals surface area contributed by atoms with Gasteiger partial charge in [0, 0.05) is 24.5 Å². The van der Waals surface area contributed by atoms with E-state index < -0.39 is 5.97 Å². The number of amides is 1. The summed E-state index contributed by atoms with van der Waals surface area (Å²) in [6.07, 6.45) is 4.03. The number of hydrogen-bond acceptors (Lipinski definition) is 3. The first-order chi connectivity index (χ1) is 9.97. The van der Waals surface area contributed by atoms with Crippen molar-refractivity contribution >= 4 is 23.6 Å². The third-order valence-electron chi connectivity index (χ3n) is 3.04. The molecule has 0 aliphatic heterocycles. The Bertz CT molecular complexity index is 717. The largest absolute Gasteiger partial charge is 0.478 e. The third kappa shape index (κ3) is 3.56. The molecule has 0 bridgehead atoms. The summed E-state index contributed by atoms with van der Waals surface area (Å²) < 4.78 is 1.63. The summed E-state index contributed by atoms with van der Waals surface area (Å²) in [4.78, 5) is 22.6. The van der Waals surface area contributed by atoms with Crippen molar-refractivity contribution in [3.05, 3.63) is 53.4 Å². The molecule has 0 radical (unpaired) electrons. The van der Waals surface area contributed by atoms with Gasteiger partial charge < -0.3 is 10.4 Å². The highest BCUT2D eigenvalue weighted by Crippen LogP contribution is 2.14. The van der Waals surface area contributed by atoms with Crippen molar-refractivity contribution in [2.75, 3.05) is 5.32 Å². The molecule has 0 aliphatic rings. The van der Waals surface area contributed by atoms with Gasteiger partial charge in [0.1, 0.15) is 0 Å². The number of nitrogens with one attached hydrogen (secondary N) is 1. The molecule has 0 saturated heterocycles. The number of nitrogens with zero attached hydrogens (tertiary/aromatic N) is 2. The minimum Gasteiger partial charge on any atom is -0.478 e. The van der Waals surface area contributed by atoms with E-state index in [1.165, 1.54) is 12.3 Å². The van der Waals surface area contributed by atoms with Gasteiger partial charge in [0.15, 0.2) is 0 Å². The van der Waals surface area contributed by atoms with Gasteiger partial charge in [0.25, 0.3) is 5.91 Å². The fourth-order valence-corrected chi connectivity index (χ4v) is 1.81. The molecule has 0 aliphatic carbocycles. The quantitative estimate of drug-likeness (QED) is 0.842. The Hall–Kier alpha value is -2.89. The summed E-state index contributed by atoms with van der Waals surface area (Å²) in [7, 11) is 1.77.